The molecular formula is C18H19N5O. The number of amides is 1. The van der Waals surface area contributed by atoms with Gasteiger partial charge in [-0.25, -0.2) is 4.98 Å². The predicted octanol–water partition coefficient (Wildman–Crippen LogP) is 2.43. The highest BCUT2D eigenvalue weighted by Gasteiger charge is 2.40. The third-order valence-electron chi connectivity index (χ3n) is 5.39. The smallest absolute Gasteiger partial charge is 0.274 e. The summed E-state index contributed by atoms with van der Waals surface area (Å²) in [5, 5.41) is 7.27. The van der Waals surface area contributed by atoms with Crippen molar-refractivity contribution in [3.8, 4) is 0 Å². The van der Waals surface area contributed by atoms with Gasteiger partial charge in [0.25, 0.3) is 5.91 Å². The Balaban J connectivity index is 1.36. The minimum atomic E-state index is 0.0696. The first kappa shape index (κ1) is 13.8. The lowest BCUT2D eigenvalue weighted by Crippen LogP contribution is -2.37. The number of piperidine rings is 1. The van der Waals surface area contributed by atoms with E-state index >= 15 is 0 Å². The fourth-order valence-corrected chi connectivity index (χ4v) is 4.19. The summed E-state index contributed by atoms with van der Waals surface area (Å²) in [4.78, 5) is 19.1. The summed E-state index contributed by atoms with van der Waals surface area (Å²) in [7, 11) is 0. The monoisotopic (exact) mass is 321 g/mol. The van der Waals surface area contributed by atoms with Crippen LogP contribution in [0.1, 0.15) is 35.4 Å². The van der Waals surface area contributed by atoms with Gasteiger partial charge in [-0.05, 0) is 43.4 Å². The molecule has 5 rings (SSSR count). The molecule has 1 saturated heterocycles. The Morgan fingerprint density at radius 3 is 3.04 bits per heavy atom. The molecule has 6 heteroatoms. The van der Waals surface area contributed by atoms with E-state index in [1.807, 2.05) is 41.6 Å². The third kappa shape index (κ3) is 2.13. The Hall–Kier alpha value is -2.63. The molecule has 2 atom stereocenters. The van der Waals surface area contributed by atoms with Gasteiger partial charge in [0.05, 0.1) is 29.6 Å². The van der Waals surface area contributed by atoms with E-state index < -0.39 is 0 Å². The van der Waals surface area contributed by atoms with E-state index in [9.17, 15) is 4.79 Å². The van der Waals surface area contributed by atoms with Crippen molar-refractivity contribution in [1.82, 2.24) is 24.6 Å². The number of aromatic amines is 1. The zero-order valence-electron chi connectivity index (χ0n) is 13.4. The first-order valence-electron chi connectivity index (χ1n) is 8.53. The van der Waals surface area contributed by atoms with Crippen molar-refractivity contribution in [1.29, 1.82) is 0 Å². The summed E-state index contributed by atoms with van der Waals surface area (Å²) in [6.45, 7) is 1.53. The fraction of sp³-hybridized carbons (Fsp3) is 0.389. The van der Waals surface area contributed by atoms with Gasteiger partial charge in [-0.1, -0.05) is 12.1 Å². The highest BCUT2D eigenvalue weighted by atomic mass is 16.2. The zero-order chi connectivity index (χ0) is 16.1. The van der Waals surface area contributed by atoms with Crippen molar-refractivity contribution >= 4 is 16.9 Å². The molecular weight excluding hydrogens is 302 g/mol. The lowest BCUT2D eigenvalue weighted by molar-refractivity contribution is 0.0697. The Morgan fingerprint density at radius 2 is 2.21 bits per heavy atom. The van der Waals surface area contributed by atoms with Crippen molar-refractivity contribution < 1.29 is 4.79 Å². The number of para-hydroxylation sites is 2. The number of hydrogen-bond acceptors (Lipinski definition) is 3. The van der Waals surface area contributed by atoms with Gasteiger partial charge in [-0.3, -0.25) is 9.89 Å². The molecule has 1 aliphatic heterocycles. The summed E-state index contributed by atoms with van der Waals surface area (Å²) < 4.78 is 2.06. The number of nitrogens with zero attached hydrogens (tertiary/aromatic N) is 4. The van der Waals surface area contributed by atoms with Gasteiger partial charge in [0, 0.05) is 12.6 Å². The Labute approximate surface area is 139 Å². The van der Waals surface area contributed by atoms with Gasteiger partial charge >= 0.3 is 0 Å². The highest BCUT2D eigenvalue weighted by molar-refractivity contribution is 5.93. The molecule has 2 fully saturated rings. The normalized spacial score (nSPS) is 22.6. The number of benzene rings is 1. The van der Waals surface area contributed by atoms with Crippen LogP contribution in [0.15, 0.2) is 36.7 Å². The lowest BCUT2D eigenvalue weighted by Gasteiger charge is -2.26. The summed E-state index contributed by atoms with van der Waals surface area (Å²) >= 11 is 0. The van der Waals surface area contributed by atoms with E-state index in [-0.39, 0.29) is 5.91 Å². The minimum absolute atomic E-state index is 0.0696. The van der Waals surface area contributed by atoms with Gasteiger partial charge in [0.2, 0.25) is 0 Å². The summed E-state index contributed by atoms with van der Waals surface area (Å²) in [6.07, 6.45) is 5.42. The number of hydrogen-bond donors (Lipinski definition) is 1. The van der Waals surface area contributed by atoms with Crippen LogP contribution >= 0.6 is 0 Å². The Morgan fingerprint density at radius 1 is 1.29 bits per heavy atom. The molecule has 24 heavy (non-hydrogen) atoms. The van der Waals surface area contributed by atoms with Crippen molar-refractivity contribution in [2.75, 3.05) is 6.54 Å². The Kier molecular flexibility index (Phi) is 2.98. The predicted molar refractivity (Wildman–Crippen MR) is 89.6 cm³/mol. The van der Waals surface area contributed by atoms with Gasteiger partial charge in [0.15, 0.2) is 0 Å². The van der Waals surface area contributed by atoms with Crippen LogP contribution in [0.2, 0.25) is 0 Å². The average molecular weight is 321 g/mol. The third-order valence-corrected chi connectivity index (χ3v) is 5.39. The second kappa shape index (κ2) is 5.19. The van der Waals surface area contributed by atoms with Gasteiger partial charge in [0.1, 0.15) is 5.69 Å². The molecule has 6 nitrogen and oxygen atoms in total. The molecule has 1 aromatic carbocycles. The van der Waals surface area contributed by atoms with Gasteiger partial charge in [-0.2, -0.15) is 5.10 Å². The molecule has 1 amide bonds. The maximum absolute atomic E-state index is 12.7. The minimum Gasteiger partial charge on any atom is -0.334 e. The molecule has 0 unspecified atom stereocenters. The molecule has 1 aliphatic carbocycles. The van der Waals surface area contributed by atoms with Crippen LogP contribution in [0.4, 0.5) is 0 Å². The van der Waals surface area contributed by atoms with Crippen molar-refractivity contribution in [3.63, 3.8) is 0 Å². The van der Waals surface area contributed by atoms with E-state index in [1.165, 1.54) is 12.8 Å². The summed E-state index contributed by atoms with van der Waals surface area (Å²) in [5.41, 5.74) is 3.51. The first-order chi connectivity index (χ1) is 11.8. The maximum atomic E-state index is 12.7. The van der Waals surface area contributed by atoms with Crippen LogP contribution in [-0.4, -0.2) is 43.1 Å². The molecule has 1 N–H and O–H groups in total. The number of carbonyl (C=O) groups is 1. The number of aromatic nitrogens is 4. The maximum Gasteiger partial charge on any atom is 0.274 e. The van der Waals surface area contributed by atoms with E-state index in [0.717, 1.165) is 29.7 Å². The molecule has 0 radical (unpaired) electrons. The number of nitrogens with one attached hydrogen (secondary N) is 1. The molecule has 2 aliphatic rings. The number of H-pyrrole nitrogens is 1. The van der Waals surface area contributed by atoms with Crippen LogP contribution in [-0.2, 0) is 6.54 Å². The fourth-order valence-electron chi connectivity index (χ4n) is 4.19. The van der Waals surface area contributed by atoms with E-state index in [2.05, 4.69) is 19.7 Å². The summed E-state index contributed by atoms with van der Waals surface area (Å²) in [5.74, 6) is 0.773. The number of fused-ring (bicyclic) bond motifs is 3. The lowest BCUT2D eigenvalue weighted by atomic mass is 10.1. The Bertz CT molecular complexity index is 911. The van der Waals surface area contributed by atoms with Crippen LogP contribution in [0.3, 0.4) is 0 Å². The average Bonchev–Trinajstić information content (AvgIpc) is 3.39. The molecule has 3 aromatic rings. The topological polar surface area (TPSA) is 66.8 Å². The van der Waals surface area contributed by atoms with Crippen LogP contribution in [0, 0.1) is 5.92 Å². The van der Waals surface area contributed by atoms with Gasteiger partial charge < -0.3 is 9.47 Å². The van der Waals surface area contributed by atoms with Crippen molar-refractivity contribution in [2.24, 2.45) is 5.92 Å². The van der Waals surface area contributed by atoms with Gasteiger partial charge in [-0.15, -0.1) is 0 Å². The molecule has 3 heterocycles. The zero-order valence-corrected chi connectivity index (χ0v) is 13.4. The number of rotatable bonds is 3. The second-order valence-corrected chi connectivity index (χ2v) is 6.93. The SMILES string of the molecule is O=C(c1cc(Cn2cnc3ccccc32)[nH]n1)N1C[C@H]2CC[C@H]1C2. The quantitative estimate of drug-likeness (QED) is 0.805. The number of imidazole rings is 1. The molecule has 2 aromatic heterocycles. The largest absolute Gasteiger partial charge is 0.334 e. The molecule has 0 spiro atoms. The van der Waals surface area contributed by atoms with E-state index in [1.54, 1.807) is 0 Å². The van der Waals surface area contributed by atoms with Crippen LogP contribution in [0.5, 0.6) is 0 Å². The van der Waals surface area contributed by atoms with Crippen molar-refractivity contribution in [2.45, 2.75) is 31.8 Å². The van der Waals surface area contributed by atoms with E-state index in [4.69, 9.17) is 0 Å². The number of likely N-dealkylation sites (tertiary alicyclic amines) is 1. The van der Waals surface area contributed by atoms with E-state index in [0.29, 0.717) is 24.2 Å². The molecule has 1 saturated carbocycles. The standard InChI is InChI=1S/C18H19N5O/c24-18(23-9-12-5-6-14(23)7-12)16-8-13(20-21-16)10-22-11-19-15-3-1-2-4-17(15)22/h1-4,8,11-12,14H,5-7,9-10H2,(H,20,21)/t12-,14-/m0/s1. The molecule has 122 valence electrons. The van der Waals surface area contributed by atoms with Crippen molar-refractivity contribution in [3.05, 3.63) is 48.0 Å². The van der Waals surface area contributed by atoms with Crippen LogP contribution in [0.25, 0.3) is 11.0 Å². The summed E-state index contributed by atoms with van der Waals surface area (Å²) in [6, 6.07) is 10.3. The first-order valence-corrected chi connectivity index (χ1v) is 8.53. The van der Waals surface area contributed by atoms with Crippen LogP contribution < -0.4 is 0 Å². The second-order valence-electron chi connectivity index (χ2n) is 6.93. The number of carbonyl (C=O) groups excluding carboxylic acids is 1. The highest BCUT2D eigenvalue weighted by Crippen LogP contribution is 2.37. The molecule has 2 bridgehead atoms.